The predicted octanol–water partition coefficient (Wildman–Crippen LogP) is 2.96. The number of hydrogen-bond acceptors (Lipinski definition) is 4. The molecule has 0 radical (unpaired) electrons. The molecule has 0 aliphatic heterocycles. The van der Waals surface area contributed by atoms with Crippen LogP contribution in [0.25, 0.3) is 10.6 Å². The predicted molar refractivity (Wildman–Crippen MR) is 76.7 cm³/mol. The molecule has 0 aliphatic rings. The molecule has 2 aromatic heterocycles. The van der Waals surface area contributed by atoms with Crippen LogP contribution in [-0.2, 0) is 6.42 Å². The van der Waals surface area contributed by atoms with Gasteiger partial charge in [0.05, 0.1) is 10.6 Å². The molecule has 0 amide bonds. The van der Waals surface area contributed by atoms with Gasteiger partial charge in [-0.25, -0.2) is 9.97 Å². The van der Waals surface area contributed by atoms with Crippen molar-refractivity contribution in [2.24, 2.45) is 11.7 Å². The van der Waals surface area contributed by atoms with Crippen molar-refractivity contribution in [3.63, 3.8) is 0 Å². The van der Waals surface area contributed by atoms with E-state index in [2.05, 4.69) is 41.3 Å². The average Bonchev–Trinajstić information content (AvgIpc) is 2.74. The molecule has 1 unspecified atom stereocenters. The standard InChI is InChI=1S/C14H19N3S/c1-9(8-15)6-13-16-11(3)7-12(17-13)14-10(2)4-5-18-14/h4-5,7,9H,6,8,15H2,1-3H3. The lowest BCUT2D eigenvalue weighted by molar-refractivity contribution is 0.573. The average molecular weight is 261 g/mol. The molecule has 2 rings (SSSR count). The van der Waals surface area contributed by atoms with E-state index >= 15 is 0 Å². The molecule has 0 saturated heterocycles. The first-order chi connectivity index (χ1) is 8.60. The van der Waals surface area contributed by atoms with Crippen molar-refractivity contribution in [1.82, 2.24) is 9.97 Å². The van der Waals surface area contributed by atoms with Crippen LogP contribution < -0.4 is 5.73 Å². The summed E-state index contributed by atoms with van der Waals surface area (Å²) in [6, 6.07) is 4.18. The minimum absolute atomic E-state index is 0.420. The molecule has 2 heterocycles. The number of rotatable bonds is 4. The zero-order valence-electron chi connectivity index (χ0n) is 11.1. The van der Waals surface area contributed by atoms with Crippen molar-refractivity contribution in [3.8, 4) is 10.6 Å². The van der Waals surface area contributed by atoms with Gasteiger partial charge in [0.25, 0.3) is 0 Å². The zero-order chi connectivity index (χ0) is 13.1. The van der Waals surface area contributed by atoms with Gasteiger partial charge < -0.3 is 5.73 Å². The van der Waals surface area contributed by atoms with Gasteiger partial charge in [-0.05, 0) is 49.4 Å². The molecule has 2 aromatic rings. The summed E-state index contributed by atoms with van der Waals surface area (Å²) in [5.41, 5.74) is 8.99. The van der Waals surface area contributed by atoms with Crippen LogP contribution in [0.4, 0.5) is 0 Å². The molecule has 0 bridgehead atoms. The van der Waals surface area contributed by atoms with Crippen LogP contribution >= 0.6 is 11.3 Å². The summed E-state index contributed by atoms with van der Waals surface area (Å²) in [7, 11) is 0. The van der Waals surface area contributed by atoms with Crippen molar-refractivity contribution < 1.29 is 0 Å². The number of hydrogen-bond donors (Lipinski definition) is 1. The highest BCUT2D eigenvalue weighted by molar-refractivity contribution is 7.13. The van der Waals surface area contributed by atoms with Crippen LogP contribution in [0.15, 0.2) is 17.5 Å². The van der Waals surface area contributed by atoms with Gasteiger partial charge in [0, 0.05) is 12.1 Å². The van der Waals surface area contributed by atoms with E-state index in [9.17, 15) is 0 Å². The van der Waals surface area contributed by atoms with E-state index in [4.69, 9.17) is 5.73 Å². The molecular weight excluding hydrogens is 242 g/mol. The quantitative estimate of drug-likeness (QED) is 0.920. The first kappa shape index (κ1) is 13.2. The molecule has 0 fully saturated rings. The Labute approximate surface area is 112 Å². The largest absolute Gasteiger partial charge is 0.330 e. The fourth-order valence-corrected chi connectivity index (χ4v) is 2.76. The molecule has 0 spiro atoms. The van der Waals surface area contributed by atoms with Crippen LogP contribution in [-0.4, -0.2) is 16.5 Å². The second-order valence-corrected chi connectivity index (χ2v) is 5.70. The summed E-state index contributed by atoms with van der Waals surface area (Å²) in [5, 5.41) is 2.10. The Bertz CT molecular complexity index is 534. The summed E-state index contributed by atoms with van der Waals surface area (Å²) < 4.78 is 0. The van der Waals surface area contributed by atoms with Crippen LogP contribution in [0.1, 0.15) is 24.0 Å². The lowest BCUT2D eigenvalue weighted by Crippen LogP contribution is -2.15. The fraction of sp³-hybridized carbons (Fsp3) is 0.429. The van der Waals surface area contributed by atoms with Gasteiger partial charge in [-0.3, -0.25) is 0 Å². The second-order valence-electron chi connectivity index (χ2n) is 4.79. The van der Waals surface area contributed by atoms with E-state index in [1.54, 1.807) is 11.3 Å². The van der Waals surface area contributed by atoms with E-state index in [0.717, 1.165) is 23.6 Å². The van der Waals surface area contributed by atoms with Gasteiger partial charge in [-0.1, -0.05) is 6.92 Å². The van der Waals surface area contributed by atoms with Gasteiger partial charge in [-0.15, -0.1) is 11.3 Å². The van der Waals surface area contributed by atoms with Crippen molar-refractivity contribution >= 4 is 11.3 Å². The lowest BCUT2D eigenvalue weighted by Gasteiger charge is -2.09. The molecule has 1 atom stereocenters. The first-order valence-corrected chi connectivity index (χ1v) is 7.07. The highest BCUT2D eigenvalue weighted by atomic mass is 32.1. The van der Waals surface area contributed by atoms with Gasteiger partial charge in [-0.2, -0.15) is 0 Å². The summed E-state index contributed by atoms with van der Waals surface area (Å²) in [4.78, 5) is 10.4. The van der Waals surface area contributed by atoms with Gasteiger partial charge in [0.1, 0.15) is 5.82 Å². The van der Waals surface area contributed by atoms with E-state index in [0.29, 0.717) is 12.5 Å². The van der Waals surface area contributed by atoms with Crippen LogP contribution in [0, 0.1) is 19.8 Å². The second kappa shape index (κ2) is 5.59. The lowest BCUT2D eigenvalue weighted by atomic mass is 10.1. The number of nitrogens with zero attached hydrogens (tertiary/aromatic N) is 2. The number of aryl methyl sites for hydroxylation is 2. The van der Waals surface area contributed by atoms with Gasteiger partial charge >= 0.3 is 0 Å². The molecule has 0 aromatic carbocycles. The Kier molecular flexibility index (Phi) is 4.09. The minimum Gasteiger partial charge on any atom is -0.330 e. The Morgan fingerprint density at radius 3 is 2.72 bits per heavy atom. The number of thiophene rings is 1. The normalized spacial score (nSPS) is 12.7. The monoisotopic (exact) mass is 261 g/mol. The maximum Gasteiger partial charge on any atom is 0.129 e. The number of aromatic nitrogens is 2. The van der Waals surface area contributed by atoms with E-state index < -0.39 is 0 Å². The summed E-state index contributed by atoms with van der Waals surface area (Å²) >= 11 is 1.73. The third kappa shape index (κ3) is 2.94. The third-order valence-electron chi connectivity index (χ3n) is 2.93. The highest BCUT2D eigenvalue weighted by Crippen LogP contribution is 2.27. The summed E-state index contributed by atoms with van der Waals surface area (Å²) in [6.07, 6.45) is 0.843. The van der Waals surface area contributed by atoms with E-state index in [-0.39, 0.29) is 0 Å². The first-order valence-electron chi connectivity index (χ1n) is 6.19. The molecule has 96 valence electrons. The third-order valence-corrected chi connectivity index (χ3v) is 3.97. The van der Waals surface area contributed by atoms with Crippen molar-refractivity contribution in [3.05, 3.63) is 34.6 Å². The molecule has 2 N–H and O–H groups in total. The highest BCUT2D eigenvalue weighted by Gasteiger charge is 2.10. The maximum absolute atomic E-state index is 5.66. The zero-order valence-corrected chi connectivity index (χ0v) is 11.9. The maximum atomic E-state index is 5.66. The molecule has 0 aliphatic carbocycles. The van der Waals surface area contributed by atoms with Gasteiger partial charge in [0.2, 0.25) is 0 Å². The minimum atomic E-state index is 0.420. The SMILES string of the molecule is Cc1cc(-c2sccc2C)nc(CC(C)CN)n1. The molecule has 3 nitrogen and oxygen atoms in total. The molecule has 0 saturated carbocycles. The molecule has 18 heavy (non-hydrogen) atoms. The Balaban J connectivity index is 2.35. The van der Waals surface area contributed by atoms with Crippen molar-refractivity contribution in [2.45, 2.75) is 27.2 Å². The van der Waals surface area contributed by atoms with Crippen molar-refractivity contribution in [1.29, 1.82) is 0 Å². The van der Waals surface area contributed by atoms with Crippen LogP contribution in [0.2, 0.25) is 0 Å². The molecular formula is C14H19N3S. The van der Waals surface area contributed by atoms with Gasteiger partial charge in [0.15, 0.2) is 0 Å². The smallest absolute Gasteiger partial charge is 0.129 e. The topological polar surface area (TPSA) is 51.8 Å². The fourth-order valence-electron chi connectivity index (χ4n) is 1.87. The Morgan fingerprint density at radius 1 is 1.33 bits per heavy atom. The van der Waals surface area contributed by atoms with Crippen LogP contribution in [0.5, 0.6) is 0 Å². The van der Waals surface area contributed by atoms with E-state index in [1.807, 2.05) is 6.92 Å². The van der Waals surface area contributed by atoms with Crippen LogP contribution in [0.3, 0.4) is 0 Å². The Hall–Kier alpha value is -1.26. The Morgan fingerprint density at radius 2 is 2.11 bits per heavy atom. The van der Waals surface area contributed by atoms with Crippen molar-refractivity contribution in [2.75, 3.05) is 6.54 Å². The summed E-state index contributed by atoms with van der Waals surface area (Å²) in [6.45, 7) is 6.93. The molecule has 4 heteroatoms. The van der Waals surface area contributed by atoms with E-state index in [1.165, 1.54) is 10.4 Å². The number of nitrogens with two attached hydrogens (primary N) is 1. The summed E-state index contributed by atoms with van der Waals surface area (Å²) in [5.74, 6) is 1.32.